The van der Waals surface area contributed by atoms with Gasteiger partial charge < -0.3 is 10.5 Å². The van der Waals surface area contributed by atoms with Crippen LogP contribution >= 0.6 is 0 Å². The van der Waals surface area contributed by atoms with E-state index >= 15 is 0 Å². The molecular formula is C14H21NO4S. The zero-order valence-electron chi connectivity index (χ0n) is 12.0. The summed E-state index contributed by atoms with van der Waals surface area (Å²) in [4.78, 5) is 11.3. The Morgan fingerprint density at radius 3 is 2.60 bits per heavy atom. The number of sulfone groups is 1. The Kier molecular flexibility index (Phi) is 5.71. The highest BCUT2D eigenvalue weighted by Gasteiger charge is 2.22. The highest BCUT2D eigenvalue weighted by Crippen LogP contribution is 2.19. The van der Waals surface area contributed by atoms with Gasteiger partial charge in [0.05, 0.1) is 12.4 Å². The lowest BCUT2D eigenvalue weighted by Crippen LogP contribution is -2.28. The van der Waals surface area contributed by atoms with E-state index in [0.29, 0.717) is 0 Å². The third kappa shape index (κ3) is 4.94. The summed E-state index contributed by atoms with van der Waals surface area (Å²) in [6, 6.07) is 5.08. The Morgan fingerprint density at radius 2 is 2.00 bits per heavy atom. The van der Waals surface area contributed by atoms with Crippen molar-refractivity contribution in [3.63, 3.8) is 0 Å². The van der Waals surface area contributed by atoms with Gasteiger partial charge in [0.1, 0.15) is 5.75 Å². The maximum absolute atomic E-state index is 11.9. The molecule has 0 saturated carbocycles. The lowest BCUT2D eigenvalue weighted by atomic mass is 10.0. The highest BCUT2D eigenvalue weighted by molar-refractivity contribution is 7.92. The van der Waals surface area contributed by atoms with E-state index < -0.39 is 27.6 Å². The maximum atomic E-state index is 11.9. The molecule has 6 heteroatoms. The van der Waals surface area contributed by atoms with Crippen LogP contribution in [0.1, 0.15) is 29.7 Å². The number of aryl methyl sites for hydroxylation is 2. The monoisotopic (exact) mass is 299 g/mol. The molecule has 0 aromatic heterocycles. The van der Waals surface area contributed by atoms with Crippen molar-refractivity contribution in [2.75, 3.05) is 18.1 Å². The van der Waals surface area contributed by atoms with E-state index in [0.717, 1.165) is 16.7 Å². The minimum Gasteiger partial charge on any atom is -0.465 e. The Labute approximate surface area is 120 Å². The van der Waals surface area contributed by atoms with Gasteiger partial charge in [0.15, 0.2) is 9.84 Å². The number of rotatable bonds is 6. The molecule has 0 saturated heterocycles. The number of carbonyl (C=O) groups excluding carboxylic acids is 1. The second-order valence-electron chi connectivity index (χ2n) is 4.83. The third-order valence-electron chi connectivity index (χ3n) is 2.91. The fourth-order valence-electron chi connectivity index (χ4n) is 1.96. The first-order chi connectivity index (χ1) is 9.25. The molecule has 2 N–H and O–H groups in total. The van der Waals surface area contributed by atoms with E-state index in [9.17, 15) is 13.2 Å². The van der Waals surface area contributed by atoms with Crippen molar-refractivity contribution in [1.82, 2.24) is 0 Å². The SMILES string of the molecule is CCOC(=O)CS(=O)(=O)CC(N)c1cc(C)ccc1C. The summed E-state index contributed by atoms with van der Waals surface area (Å²) in [6.45, 7) is 5.60. The topological polar surface area (TPSA) is 86.5 Å². The van der Waals surface area contributed by atoms with Crippen molar-refractivity contribution in [1.29, 1.82) is 0 Å². The van der Waals surface area contributed by atoms with Crippen LogP contribution in [0.2, 0.25) is 0 Å². The lowest BCUT2D eigenvalue weighted by Gasteiger charge is -2.15. The number of hydrogen-bond acceptors (Lipinski definition) is 5. The molecule has 112 valence electrons. The third-order valence-corrected chi connectivity index (χ3v) is 4.45. The maximum Gasteiger partial charge on any atom is 0.321 e. The van der Waals surface area contributed by atoms with Gasteiger partial charge in [0.2, 0.25) is 0 Å². The van der Waals surface area contributed by atoms with Crippen LogP contribution < -0.4 is 5.73 Å². The van der Waals surface area contributed by atoms with Gasteiger partial charge in [-0.2, -0.15) is 0 Å². The minimum atomic E-state index is -3.58. The fraction of sp³-hybridized carbons (Fsp3) is 0.500. The van der Waals surface area contributed by atoms with Gasteiger partial charge in [0.25, 0.3) is 0 Å². The summed E-state index contributed by atoms with van der Waals surface area (Å²) in [5.41, 5.74) is 8.72. The van der Waals surface area contributed by atoms with Crippen LogP contribution in [0.15, 0.2) is 18.2 Å². The van der Waals surface area contributed by atoms with Crippen molar-refractivity contribution < 1.29 is 17.9 Å². The fourth-order valence-corrected chi connectivity index (χ4v) is 3.25. The summed E-state index contributed by atoms with van der Waals surface area (Å²) in [7, 11) is -3.58. The number of benzene rings is 1. The highest BCUT2D eigenvalue weighted by atomic mass is 32.2. The summed E-state index contributed by atoms with van der Waals surface area (Å²) in [6.07, 6.45) is 0. The Balaban J connectivity index is 2.81. The first kappa shape index (κ1) is 16.7. The van der Waals surface area contributed by atoms with E-state index in [1.807, 2.05) is 32.0 Å². The van der Waals surface area contributed by atoms with Crippen LogP contribution in [-0.2, 0) is 19.4 Å². The molecule has 0 fully saturated rings. The van der Waals surface area contributed by atoms with Crippen molar-refractivity contribution in [2.24, 2.45) is 5.73 Å². The summed E-state index contributed by atoms with van der Waals surface area (Å²) < 4.78 is 28.5. The standard InChI is InChI=1S/C14H21NO4S/c1-4-19-14(16)9-20(17,18)8-13(15)12-7-10(2)5-6-11(12)3/h5-7,13H,4,8-9,15H2,1-3H3. The number of ether oxygens (including phenoxy) is 1. The molecule has 0 heterocycles. The second kappa shape index (κ2) is 6.85. The van der Waals surface area contributed by atoms with Crippen molar-refractivity contribution >= 4 is 15.8 Å². The molecule has 1 aromatic carbocycles. The normalized spacial score (nSPS) is 13.0. The van der Waals surface area contributed by atoms with Gasteiger partial charge in [-0.25, -0.2) is 8.42 Å². The van der Waals surface area contributed by atoms with Crippen LogP contribution in [0.3, 0.4) is 0 Å². The van der Waals surface area contributed by atoms with Crippen LogP contribution in [-0.4, -0.2) is 32.5 Å². The second-order valence-corrected chi connectivity index (χ2v) is 6.94. The van der Waals surface area contributed by atoms with Crippen molar-refractivity contribution in [3.8, 4) is 0 Å². The van der Waals surface area contributed by atoms with E-state index in [2.05, 4.69) is 4.74 Å². The van der Waals surface area contributed by atoms with Crippen LogP contribution in [0.5, 0.6) is 0 Å². The van der Waals surface area contributed by atoms with Crippen LogP contribution in [0.4, 0.5) is 0 Å². The quantitative estimate of drug-likeness (QED) is 0.800. The summed E-state index contributed by atoms with van der Waals surface area (Å²) in [5, 5.41) is 0. The average Bonchev–Trinajstić information content (AvgIpc) is 2.30. The first-order valence-electron chi connectivity index (χ1n) is 6.44. The molecule has 0 aliphatic heterocycles. The predicted molar refractivity (Wildman–Crippen MR) is 78.1 cm³/mol. The zero-order chi connectivity index (χ0) is 15.3. The molecule has 5 nitrogen and oxygen atoms in total. The molecule has 1 unspecified atom stereocenters. The number of hydrogen-bond donors (Lipinski definition) is 1. The molecule has 0 aliphatic carbocycles. The molecule has 1 atom stereocenters. The largest absolute Gasteiger partial charge is 0.465 e. The summed E-state index contributed by atoms with van der Waals surface area (Å²) in [5.74, 6) is -1.63. The zero-order valence-corrected chi connectivity index (χ0v) is 12.9. The van der Waals surface area contributed by atoms with Crippen molar-refractivity contribution in [3.05, 3.63) is 34.9 Å². The minimum absolute atomic E-state index is 0.164. The Hall–Kier alpha value is -1.40. The molecule has 0 amide bonds. The smallest absolute Gasteiger partial charge is 0.321 e. The first-order valence-corrected chi connectivity index (χ1v) is 8.26. The molecular weight excluding hydrogens is 278 g/mol. The van der Waals surface area contributed by atoms with E-state index in [4.69, 9.17) is 5.73 Å². The Bertz CT molecular complexity index is 581. The molecule has 0 bridgehead atoms. The molecule has 0 spiro atoms. The van der Waals surface area contributed by atoms with Crippen LogP contribution in [0.25, 0.3) is 0 Å². The molecule has 1 aromatic rings. The molecule has 0 aliphatic rings. The van der Waals surface area contributed by atoms with Crippen molar-refractivity contribution in [2.45, 2.75) is 26.8 Å². The number of carbonyl (C=O) groups is 1. The number of esters is 1. The molecule has 20 heavy (non-hydrogen) atoms. The van der Waals surface area contributed by atoms with Gasteiger partial charge in [-0.05, 0) is 31.9 Å². The van der Waals surface area contributed by atoms with Crippen LogP contribution in [0, 0.1) is 13.8 Å². The van der Waals surface area contributed by atoms with Gasteiger partial charge >= 0.3 is 5.97 Å². The molecule has 1 rings (SSSR count). The number of nitrogens with two attached hydrogens (primary N) is 1. The van der Waals surface area contributed by atoms with Gasteiger partial charge in [-0.3, -0.25) is 4.79 Å². The van der Waals surface area contributed by atoms with E-state index in [1.54, 1.807) is 6.92 Å². The Morgan fingerprint density at radius 1 is 1.35 bits per heavy atom. The average molecular weight is 299 g/mol. The molecule has 0 radical (unpaired) electrons. The lowest BCUT2D eigenvalue weighted by molar-refractivity contribution is -0.139. The van der Waals surface area contributed by atoms with E-state index in [-0.39, 0.29) is 12.4 Å². The van der Waals surface area contributed by atoms with Gasteiger partial charge in [-0.15, -0.1) is 0 Å². The summed E-state index contributed by atoms with van der Waals surface area (Å²) >= 11 is 0. The predicted octanol–water partition coefficient (Wildman–Crippen LogP) is 1.28. The van der Waals surface area contributed by atoms with Gasteiger partial charge in [0, 0.05) is 6.04 Å². The van der Waals surface area contributed by atoms with E-state index in [1.165, 1.54) is 0 Å². The van der Waals surface area contributed by atoms with Gasteiger partial charge in [-0.1, -0.05) is 23.8 Å².